The highest BCUT2D eigenvalue weighted by Crippen LogP contribution is 2.01. The van der Waals surface area contributed by atoms with E-state index in [1.165, 1.54) is 33.5 Å². The fraction of sp³-hybridized carbons (Fsp3) is 0.250. The lowest BCUT2D eigenvalue weighted by molar-refractivity contribution is -0.135. The van der Waals surface area contributed by atoms with Crippen LogP contribution in [0.2, 0.25) is 0 Å². The molecule has 0 saturated heterocycles. The number of hydrogen-bond acceptors (Lipinski definition) is 6. The van der Waals surface area contributed by atoms with Crippen LogP contribution in [0, 0.1) is 0 Å². The molecule has 0 rings (SSSR count). The van der Waals surface area contributed by atoms with Crippen molar-refractivity contribution in [2.75, 3.05) is 21.3 Å². The lowest BCUT2D eigenvalue weighted by atomic mass is 10.2. The van der Waals surface area contributed by atoms with Crippen molar-refractivity contribution in [1.82, 2.24) is 0 Å². The Kier molecular flexibility index (Phi) is 7.59. The number of allylic oxidation sites excluding steroid dienone is 3. The van der Waals surface area contributed by atoms with Crippen molar-refractivity contribution in [3.05, 3.63) is 36.0 Å². The zero-order valence-corrected chi connectivity index (χ0v) is 10.3. The van der Waals surface area contributed by atoms with Crippen LogP contribution in [-0.4, -0.2) is 39.2 Å². The van der Waals surface area contributed by atoms with Crippen molar-refractivity contribution in [1.29, 1.82) is 0 Å². The molecule has 0 saturated carbocycles. The Morgan fingerprint density at radius 1 is 0.667 bits per heavy atom. The summed E-state index contributed by atoms with van der Waals surface area (Å²) >= 11 is 0. The van der Waals surface area contributed by atoms with E-state index in [9.17, 15) is 14.4 Å². The third-order valence-corrected chi connectivity index (χ3v) is 1.71. The molecule has 98 valence electrons. The number of rotatable bonds is 5. The SMILES string of the molecule is COC(=O)C=C(/C=C\C(=O)OC)/C=C/C(=O)OC. The molecule has 0 radical (unpaired) electrons. The van der Waals surface area contributed by atoms with Crippen LogP contribution in [-0.2, 0) is 28.6 Å². The van der Waals surface area contributed by atoms with Crippen molar-refractivity contribution < 1.29 is 28.6 Å². The second-order valence-corrected chi connectivity index (χ2v) is 2.88. The van der Waals surface area contributed by atoms with Crippen LogP contribution in [0.4, 0.5) is 0 Å². The number of hydrogen-bond donors (Lipinski definition) is 0. The molecular weight excluding hydrogens is 240 g/mol. The molecule has 0 atom stereocenters. The topological polar surface area (TPSA) is 78.9 Å². The van der Waals surface area contributed by atoms with Gasteiger partial charge in [0.1, 0.15) is 0 Å². The van der Waals surface area contributed by atoms with Crippen LogP contribution in [0.15, 0.2) is 36.0 Å². The summed E-state index contributed by atoms with van der Waals surface area (Å²) in [5, 5.41) is 0. The van der Waals surface area contributed by atoms with Crippen molar-refractivity contribution in [3.8, 4) is 0 Å². The van der Waals surface area contributed by atoms with Gasteiger partial charge < -0.3 is 14.2 Å². The van der Waals surface area contributed by atoms with Gasteiger partial charge >= 0.3 is 17.9 Å². The lowest BCUT2D eigenvalue weighted by Gasteiger charge is -1.96. The molecule has 0 aliphatic heterocycles. The molecule has 0 heterocycles. The second kappa shape index (κ2) is 8.74. The van der Waals surface area contributed by atoms with Crippen molar-refractivity contribution in [2.24, 2.45) is 0 Å². The van der Waals surface area contributed by atoms with Gasteiger partial charge in [-0.1, -0.05) is 0 Å². The molecule has 18 heavy (non-hydrogen) atoms. The van der Waals surface area contributed by atoms with Crippen LogP contribution in [0.1, 0.15) is 0 Å². The fourth-order valence-electron chi connectivity index (χ4n) is 0.811. The zero-order valence-electron chi connectivity index (χ0n) is 10.3. The van der Waals surface area contributed by atoms with Gasteiger partial charge in [0.15, 0.2) is 0 Å². The van der Waals surface area contributed by atoms with E-state index in [4.69, 9.17) is 0 Å². The molecule has 6 heteroatoms. The summed E-state index contributed by atoms with van der Waals surface area (Å²) in [5.41, 5.74) is 0.289. The van der Waals surface area contributed by atoms with E-state index in [-0.39, 0.29) is 5.57 Å². The van der Waals surface area contributed by atoms with Gasteiger partial charge in [0.25, 0.3) is 0 Å². The summed E-state index contributed by atoms with van der Waals surface area (Å²) in [4.78, 5) is 32.8. The molecule has 0 unspecified atom stereocenters. The number of ether oxygens (including phenoxy) is 3. The first-order valence-electron chi connectivity index (χ1n) is 4.85. The van der Waals surface area contributed by atoms with Crippen LogP contribution >= 0.6 is 0 Å². The average Bonchev–Trinajstić information content (AvgIpc) is 2.40. The van der Waals surface area contributed by atoms with Crippen molar-refractivity contribution >= 4 is 17.9 Å². The molecule has 0 aromatic rings. The lowest BCUT2D eigenvalue weighted by Crippen LogP contribution is -1.98. The number of methoxy groups -OCH3 is 3. The zero-order chi connectivity index (χ0) is 14.0. The van der Waals surface area contributed by atoms with Gasteiger partial charge in [-0.25, -0.2) is 14.4 Å². The van der Waals surface area contributed by atoms with E-state index < -0.39 is 17.9 Å². The van der Waals surface area contributed by atoms with Gasteiger partial charge in [0.2, 0.25) is 0 Å². The standard InChI is InChI=1S/C12H14O6/c1-16-10(13)6-4-9(8-12(15)18-3)5-7-11(14)17-2/h4-8H,1-3H3/b6-4-,7-5+,9-8?. The third kappa shape index (κ3) is 7.00. The average molecular weight is 254 g/mol. The van der Waals surface area contributed by atoms with Gasteiger partial charge in [0, 0.05) is 18.2 Å². The Morgan fingerprint density at radius 3 is 1.39 bits per heavy atom. The Hall–Kier alpha value is -2.37. The maximum Gasteiger partial charge on any atom is 0.331 e. The predicted molar refractivity (Wildman–Crippen MR) is 62.4 cm³/mol. The largest absolute Gasteiger partial charge is 0.466 e. The van der Waals surface area contributed by atoms with E-state index in [2.05, 4.69) is 14.2 Å². The number of carbonyl (C=O) groups is 3. The smallest absolute Gasteiger partial charge is 0.331 e. The summed E-state index contributed by atoms with van der Waals surface area (Å²) < 4.78 is 13.2. The molecule has 0 bridgehead atoms. The first-order valence-corrected chi connectivity index (χ1v) is 4.85. The summed E-state index contributed by atoms with van der Waals surface area (Å²) in [5.74, 6) is -1.79. The van der Waals surface area contributed by atoms with Crippen LogP contribution < -0.4 is 0 Å². The van der Waals surface area contributed by atoms with Crippen LogP contribution in [0.25, 0.3) is 0 Å². The third-order valence-electron chi connectivity index (χ3n) is 1.71. The van der Waals surface area contributed by atoms with Gasteiger partial charge in [-0.2, -0.15) is 0 Å². The molecule has 6 nitrogen and oxygen atoms in total. The normalized spacial score (nSPS) is 11.6. The number of carbonyl (C=O) groups excluding carboxylic acids is 3. The van der Waals surface area contributed by atoms with Crippen LogP contribution in [0.5, 0.6) is 0 Å². The molecular formula is C12H14O6. The highest BCUT2D eigenvalue weighted by atomic mass is 16.5. The van der Waals surface area contributed by atoms with E-state index >= 15 is 0 Å². The summed E-state index contributed by atoms with van der Waals surface area (Å²) in [6.07, 6.45) is 5.94. The summed E-state index contributed by atoms with van der Waals surface area (Å²) in [7, 11) is 3.66. The maximum atomic E-state index is 11.1. The number of esters is 3. The van der Waals surface area contributed by atoms with E-state index in [0.717, 1.165) is 18.2 Å². The molecule has 0 fully saturated rings. The van der Waals surface area contributed by atoms with Crippen molar-refractivity contribution in [2.45, 2.75) is 0 Å². The maximum absolute atomic E-state index is 11.1. The Balaban J connectivity index is 4.95. The second-order valence-electron chi connectivity index (χ2n) is 2.88. The molecule has 0 aliphatic carbocycles. The molecule has 0 N–H and O–H groups in total. The first-order chi connectivity index (χ1) is 8.53. The van der Waals surface area contributed by atoms with Gasteiger partial charge in [-0.3, -0.25) is 0 Å². The van der Waals surface area contributed by atoms with Gasteiger partial charge in [-0.15, -0.1) is 0 Å². The summed E-state index contributed by atoms with van der Waals surface area (Å²) in [6, 6.07) is 0. The minimum atomic E-state index is -0.617. The molecule has 0 aliphatic rings. The molecule has 0 amide bonds. The minimum Gasteiger partial charge on any atom is -0.466 e. The Morgan fingerprint density at radius 2 is 1.06 bits per heavy atom. The minimum absolute atomic E-state index is 0.289. The van der Waals surface area contributed by atoms with E-state index in [1.807, 2.05) is 0 Å². The molecule has 0 aromatic heterocycles. The molecule has 0 aromatic carbocycles. The quantitative estimate of drug-likeness (QED) is 0.308. The predicted octanol–water partition coefficient (Wildman–Crippen LogP) is 0.544. The monoisotopic (exact) mass is 254 g/mol. The van der Waals surface area contributed by atoms with Gasteiger partial charge in [0.05, 0.1) is 21.3 Å². The molecule has 0 spiro atoms. The highest BCUT2D eigenvalue weighted by molar-refractivity contribution is 5.87. The van der Waals surface area contributed by atoms with Crippen molar-refractivity contribution in [3.63, 3.8) is 0 Å². The Bertz CT molecular complexity index is 375. The Labute approximate surface area is 105 Å². The fourth-order valence-corrected chi connectivity index (χ4v) is 0.811. The van der Waals surface area contributed by atoms with Crippen LogP contribution in [0.3, 0.4) is 0 Å². The highest BCUT2D eigenvalue weighted by Gasteiger charge is 1.99. The summed E-state index contributed by atoms with van der Waals surface area (Å²) in [6.45, 7) is 0. The van der Waals surface area contributed by atoms with Gasteiger partial charge in [-0.05, 0) is 17.7 Å². The first kappa shape index (κ1) is 15.6. The van der Waals surface area contributed by atoms with E-state index in [1.54, 1.807) is 0 Å². The van der Waals surface area contributed by atoms with E-state index in [0.29, 0.717) is 0 Å².